The number of fused-ring (bicyclic) bond motifs is 1. The number of nitrogen functional groups attached to an aromatic ring is 1. The number of hydrogen-bond donors (Lipinski definition) is 3. The minimum atomic E-state index is 0.0217. The number of nitrogens with two attached hydrogens (primary N) is 1. The number of anilines is 1. The molecule has 96 valence electrons. The zero-order valence-electron chi connectivity index (χ0n) is 10.3. The third kappa shape index (κ3) is 1.88. The van der Waals surface area contributed by atoms with Crippen LogP contribution in [-0.2, 0) is 0 Å². The van der Waals surface area contributed by atoms with E-state index in [2.05, 4.69) is 15.6 Å². The molecule has 0 amide bonds. The number of hydrogen-bond acceptors (Lipinski definition) is 5. The number of aromatic hydroxyl groups is 1. The van der Waals surface area contributed by atoms with Gasteiger partial charge in [0, 0.05) is 0 Å². The Morgan fingerprint density at radius 3 is 2.37 bits per heavy atom. The van der Waals surface area contributed by atoms with E-state index >= 15 is 0 Å². The fourth-order valence-electron chi connectivity index (χ4n) is 1.99. The topological polar surface area (TPSA) is 89.0 Å². The molecular formula is C13H13N5O. The quantitative estimate of drug-likeness (QED) is 0.368. The van der Waals surface area contributed by atoms with Gasteiger partial charge in [0.25, 0.3) is 0 Å². The maximum absolute atomic E-state index is 10.1. The second kappa shape index (κ2) is 4.25. The molecule has 19 heavy (non-hydrogen) atoms. The summed E-state index contributed by atoms with van der Waals surface area (Å²) in [5.74, 6) is 5.40. The van der Waals surface area contributed by atoms with Gasteiger partial charge < -0.3 is 10.5 Å². The number of aromatic nitrogens is 3. The van der Waals surface area contributed by atoms with E-state index in [0.29, 0.717) is 11.4 Å². The fraction of sp³-hybridized carbons (Fsp3) is 0.0769. The third-order valence-corrected chi connectivity index (χ3v) is 2.89. The molecule has 1 aromatic heterocycles. The molecule has 0 aliphatic carbocycles. The second-order valence-corrected chi connectivity index (χ2v) is 4.30. The van der Waals surface area contributed by atoms with Crippen LogP contribution in [0.25, 0.3) is 16.7 Å². The van der Waals surface area contributed by atoms with Gasteiger partial charge in [-0.2, -0.15) is 0 Å². The van der Waals surface area contributed by atoms with E-state index in [0.717, 1.165) is 16.6 Å². The highest BCUT2D eigenvalue weighted by Crippen LogP contribution is 2.31. The predicted molar refractivity (Wildman–Crippen MR) is 73.1 cm³/mol. The SMILES string of the molecule is Cc1cc(NN)c(O)c(-n2nc3ccccc3n2)c1. The standard InChI is InChI=1S/C13H13N5O/c1-8-6-11(15-14)13(19)12(7-8)18-16-9-4-2-3-5-10(9)17-18/h2-7,15,19H,14H2,1H3. The van der Waals surface area contributed by atoms with Crippen LogP contribution in [0, 0.1) is 6.92 Å². The molecule has 3 aromatic rings. The lowest BCUT2D eigenvalue weighted by atomic mass is 10.2. The molecule has 0 aliphatic rings. The lowest BCUT2D eigenvalue weighted by Gasteiger charge is -2.09. The van der Waals surface area contributed by atoms with Crippen molar-refractivity contribution in [3.8, 4) is 11.4 Å². The summed E-state index contributed by atoms with van der Waals surface area (Å²) in [7, 11) is 0. The first kappa shape index (κ1) is 11.5. The van der Waals surface area contributed by atoms with Gasteiger partial charge in [0.05, 0.1) is 5.69 Å². The summed E-state index contributed by atoms with van der Waals surface area (Å²) >= 11 is 0. The molecule has 6 nitrogen and oxygen atoms in total. The molecule has 3 rings (SSSR count). The van der Waals surface area contributed by atoms with Crippen molar-refractivity contribution < 1.29 is 5.11 Å². The van der Waals surface area contributed by atoms with Crippen LogP contribution >= 0.6 is 0 Å². The van der Waals surface area contributed by atoms with Gasteiger partial charge in [-0.15, -0.1) is 15.0 Å². The van der Waals surface area contributed by atoms with Crippen LogP contribution in [0.4, 0.5) is 5.69 Å². The molecule has 1 heterocycles. The van der Waals surface area contributed by atoms with Crippen LogP contribution < -0.4 is 11.3 Å². The number of phenols is 1. The van der Waals surface area contributed by atoms with Crippen molar-refractivity contribution in [3.63, 3.8) is 0 Å². The Kier molecular flexibility index (Phi) is 2.57. The number of rotatable bonds is 2. The first-order valence-corrected chi connectivity index (χ1v) is 5.82. The zero-order chi connectivity index (χ0) is 13.4. The highest BCUT2D eigenvalue weighted by atomic mass is 16.3. The highest BCUT2D eigenvalue weighted by molar-refractivity contribution is 5.74. The van der Waals surface area contributed by atoms with Gasteiger partial charge in [-0.3, -0.25) is 5.84 Å². The van der Waals surface area contributed by atoms with E-state index in [1.54, 1.807) is 12.1 Å². The van der Waals surface area contributed by atoms with E-state index in [4.69, 9.17) is 5.84 Å². The molecule has 2 aromatic carbocycles. The Bertz CT molecular complexity index is 717. The second-order valence-electron chi connectivity index (χ2n) is 4.30. The van der Waals surface area contributed by atoms with Gasteiger partial charge in [0.2, 0.25) is 0 Å². The molecule has 0 atom stereocenters. The summed E-state index contributed by atoms with van der Waals surface area (Å²) < 4.78 is 0. The summed E-state index contributed by atoms with van der Waals surface area (Å²) in [5.41, 5.74) is 5.88. The summed E-state index contributed by atoms with van der Waals surface area (Å²) in [4.78, 5) is 1.41. The normalized spacial score (nSPS) is 10.8. The fourth-order valence-corrected chi connectivity index (χ4v) is 1.99. The smallest absolute Gasteiger partial charge is 0.167 e. The Labute approximate surface area is 109 Å². The van der Waals surface area contributed by atoms with Crippen molar-refractivity contribution in [2.75, 3.05) is 5.43 Å². The molecule has 6 heteroatoms. The molecule has 0 unspecified atom stereocenters. The Balaban J connectivity index is 2.23. The van der Waals surface area contributed by atoms with Crippen LogP contribution in [0.3, 0.4) is 0 Å². The zero-order valence-corrected chi connectivity index (χ0v) is 10.3. The predicted octanol–water partition coefficient (Wildman–Crippen LogP) is 1.72. The minimum absolute atomic E-state index is 0.0217. The number of nitrogens with one attached hydrogen (secondary N) is 1. The van der Waals surface area contributed by atoms with Gasteiger partial charge >= 0.3 is 0 Å². The lowest BCUT2D eigenvalue weighted by Crippen LogP contribution is -2.09. The van der Waals surface area contributed by atoms with Crippen molar-refractivity contribution in [3.05, 3.63) is 42.0 Å². The lowest BCUT2D eigenvalue weighted by molar-refractivity contribution is 0.469. The summed E-state index contributed by atoms with van der Waals surface area (Å²) in [6.45, 7) is 1.91. The van der Waals surface area contributed by atoms with E-state index in [1.165, 1.54) is 4.80 Å². The molecule has 4 N–H and O–H groups in total. The first-order chi connectivity index (χ1) is 9.19. The number of aryl methyl sites for hydroxylation is 1. The van der Waals surface area contributed by atoms with Crippen molar-refractivity contribution in [1.82, 2.24) is 15.0 Å². The monoisotopic (exact) mass is 255 g/mol. The van der Waals surface area contributed by atoms with Crippen LogP contribution in [0.1, 0.15) is 5.56 Å². The highest BCUT2D eigenvalue weighted by Gasteiger charge is 2.12. The number of hydrazine groups is 1. The van der Waals surface area contributed by atoms with Gasteiger partial charge in [0.15, 0.2) is 5.75 Å². The molecule has 0 fully saturated rings. The van der Waals surface area contributed by atoms with E-state index < -0.39 is 0 Å². The van der Waals surface area contributed by atoms with Gasteiger partial charge in [0.1, 0.15) is 16.7 Å². The van der Waals surface area contributed by atoms with Crippen LogP contribution in [0.15, 0.2) is 36.4 Å². The summed E-state index contributed by atoms with van der Waals surface area (Å²) in [5, 5.41) is 18.8. The van der Waals surface area contributed by atoms with Crippen molar-refractivity contribution in [2.24, 2.45) is 5.84 Å². The Morgan fingerprint density at radius 1 is 1.16 bits per heavy atom. The van der Waals surface area contributed by atoms with Gasteiger partial charge in [-0.25, -0.2) is 0 Å². The largest absolute Gasteiger partial charge is 0.504 e. The van der Waals surface area contributed by atoms with Gasteiger partial charge in [-0.05, 0) is 36.8 Å². The number of benzene rings is 2. The van der Waals surface area contributed by atoms with Crippen LogP contribution in [0.2, 0.25) is 0 Å². The van der Waals surface area contributed by atoms with Gasteiger partial charge in [-0.1, -0.05) is 12.1 Å². The molecule has 0 saturated carbocycles. The average molecular weight is 255 g/mol. The van der Waals surface area contributed by atoms with Crippen LogP contribution in [-0.4, -0.2) is 20.1 Å². The molecule has 0 aliphatic heterocycles. The molecule has 0 saturated heterocycles. The molecule has 0 spiro atoms. The first-order valence-electron chi connectivity index (χ1n) is 5.82. The number of phenolic OH excluding ortho intramolecular Hbond substituents is 1. The van der Waals surface area contributed by atoms with E-state index in [9.17, 15) is 5.11 Å². The summed E-state index contributed by atoms with van der Waals surface area (Å²) in [6, 6.07) is 11.1. The Morgan fingerprint density at radius 2 is 1.79 bits per heavy atom. The number of nitrogens with zero attached hydrogens (tertiary/aromatic N) is 3. The van der Waals surface area contributed by atoms with Crippen molar-refractivity contribution in [1.29, 1.82) is 0 Å². The van der Waals surface area contributed by atoms with E-state index in [1.807, 2.05) is 31.2 Å². The molecule has 0 radical (unpaired) electrons. The Hall–Kier alpha value is -2.60. The van der Waals surface area contributed by atoms with Crippen molar-refractivity contribution >= 4 is 16.7 Å². The third-order valence-electron chi connectivity index (χ3n) is 2.89. The maximum atomic E-state index is 10.1. The summed E-state index contributed by atoms with van der Waals surface area (Å²) in [6.07, 6.45) is 0. The minimum Gasteiger partial charge on any atom is -0.504 e. The average Bonchev–Trinajstić information content (AvgIpc) is 2.84. The molecule has 0 bridgehead atoms. The van der Waals surface area contributed by atoms with Crippen LogP contribution in [0.5, 0.6) is 5.75 Å². The maximum Gasteiger partial charge on any atom is 0.167 e. The van der Waals surface area contributed by atoms with Crippen molar-refractivity contribution in [2.45, 2.75) is 6.92 Å². The molecular weight excluding hydrogens is 242 g/mol. The van der Waals surface area contributed by atoms with E-state index in [-0.39, 0.29) is 5.75 Å².